The second kappa shape index (κ2) is 7.23. The molecule has 1 amide bonds. The number of aryl methyl sites for hydroxylation is 2. The summed E-state index contributed by atoms with van der Waals surface area (Å²) in [5, 5.41) is 0. The van der Waals surface area contributed by atoms with Gasteiger partial charge in [-0.2, -0.15) is 0 Å². The summed E-state index contributed by atoms with van der Waals surface area (Å²) in [6.07, 6.45) is 0. The minimum atomic E-state index is -3.33. The highest BCUT2D eigenvalue weighted by molar-refractivity contribution is 7.89. The molecular weight excluding hydrogens is 346 g/mol. The fourth-order valence-corrected chi connectivity index (χ4v) is 4.64. The number of carbonyl (C=O) groups excluding carboxylic acids is 1. The van der Waals surface area contributed by atoms with Gasteiger partial charge in [0.15, 0.2) is 9.84 Å². The highest BCUT2D eigenvalue weighted by Crippen LogP contribution is 2.28. The van der Waals surface area contributed by atoms with Crippen LogP contribution < -0.4 is 5.73 Å². The van der Waals surface area contributed by atoms with Crippen molar-refractivity contribution >= 4 is 15.7 Å². The van der Waals surface area contributed by atoms with Gasteiger partial charge < -0.3 is 5.73 Å². The second-order valence-electron chi connectivity index (χ2n) is 7.93. The Hall–Kier alpha value is -2.14. The van der Waals surface area contributed by atoms with Crippen LogP contribution in [0.2, 0.25) is 0 Å². The van der Waals surface area contributed by atoms with Crippen LogP contribution in [0.4, 0.5) is 0 Å². The first-order valence-electron chi connectivity index (χ1n) is 8.59. The van der Waals surface area contributed by atoms with Gasteiger partial charge in [-0.3, -0.25) is 4.79 Å². The zero-order chi connectivity index (χ0) is 19.7. The Morgan fingerprint density at radius 1 is 0.962 bits per heavy atom. The summed E-state index contributed by atoms with van der Waals surface area (Å²) in [6.45, 7) is 10.4. The molecule has 2 rings (SSSR count). The van der Waals surface area contributed by atoms with E-state index in [4.69, 9.17) is 5.73 Å². The van der Waals surface area contributed by atoms with E-state index in [0.29, 0.717) is 11.1 Å². The van der Waals surface area contributed by atoms with Crippen LogP contribution in [0.1, 0.15) is 58.9 Å². The van der Waals surface area contributed by atoms with Crippen molar-refractivity contribution in [2.75, 3.05) is 0 Å². The summed E-state index contributed by atoms with van der Waals surface area (Å²) in [6, 6.07) is 10.6. The number of benzene rings is 2. The Morgan fingerprint density at radius 3 is 1.88 bits per heavy atom. The molecule has 0 aliphatic rings. The van der Waals surface area contributed by atoms with Crippen molar-refractivity contribution in [2.24, 2.45) is 5.73 Å². The standard InChI is InChI=1S/C21H27NO3S/c1-14-10-18(21(3,4)5)11-15(2)19(14)13-26(24,25)12-16-6-8-17(9-7-16)20(22)23/h6-11H,12-13H2,1-5H3,(H2,22,23). The lowest BCUT2D eigenvalue weighted by Gasteiger charge is -2.22. The lowest BCUT2D eigenvalue weighted by molar-refractivity contribution is 0.100. The molecule has 0 saturated carbocycles. The fraction of sp³-hybridized carbons (Fsp3) is 0.381. The van der Waals surface area contributed by atoms with Crippen molar-refractivity contribution in [3.05, 3.63) is 69.8 Å². The maximum Gasteiger partial charge on any atom is 0.248 e. The van der Waals surface area contributed by atoms with E-state index < -0.39 is 15.7 Å². The smallest absolute Gasteiger partial charge is 0.248 e. The molecular formula is C21H27NO3S. The van der Waals surface area contributed by atoms with Gasteiger partial charge in [0.05, 0.1) is 11.5 Å². The Labute approximate surface area is 156 Å². The van der Waals surface area contributed by atoms with Crippen LogP contribution in [-0.2, 0) is 26.8 Å². The Balaban J connectivity index is 2.25. The fourth-order valence-electron chi connectivity index (χ4n) is 2.94. The molecule has 2 aromatic carbocycles. The van der Waals surface area contributed by atoms with E-state index in [0.717, 1.165) is 16.7 Å². The Bertz CT molecular complexity index is 898. The molecule has 0 bridgehead atoms. The summed E-state index contributed by atoms with van der Waals surface area (Å²) in [5.74, 6) is -0.580. The average molecular weight is 374 g/mol. The maximum atomic E-state index is 12.7. The average Bonchev–Trinajstić information content (AvgIpc) is 2.50. The van der Waals surface area contributed by atoms with Crippen LogP contribution in [0.3, 0.4) is 0 Å². The summed E-state index contributed by atoms with van der Waals surface area (Å²) < 4.78 is 25.4. The third-order valence-corrected chi connectivity index (χ3v) is 6.05. The van der Waals surface area contributed by atoms with Gasteiger partial charge in [0.2, 0.25) is 5.91 Å². The van der Waals surface area contributed by atoms with Crippen molar-refractivity contribution in [3.8, 4) is 0 Å². The zero-order valence-electron chi connectivity index (χ0n) is 16.1. The number of rotatable bonds is 5. The van der Waals surface area contributed by atoms with Gasteiger partial charge >= 0.3 is 0 Å². The minimum absolute atomic E-state index is 0.00661. The third kappa shape index (κ3) is 4.94. The molecule has 2 aromatic rings. The molecule has 0 radical (unpaired) electrons. The molecule has 5 heteroatoms. The monoisotopic (exact) mass is 373 g/mol. The van der Waals surface area contributed by atoms with Crippen molar-refractivity contribution < 1.29 is 13.2 Å². The van der Waals surface area contributed by atoms with Gasteiger partial charge in [-0.15, -0.1) is 0 Å². The van der Waals surface area contributed by atoms with E-state index >= 15 is 0 Å². The predicted molar refractivity (Wildman–Crippen MR) is 106 cm³/mol. The van der Waals surface area contributed by atoms with Crippen LogP contribution in [0.15, 0.2) is 36.4 Å². The first kappa shape index (κ1) is 20.2. The van der Waals surface area contributed by atoms with Crippen LogP contribution in [0, 0.1) is 13.8 Å². The first-order valence-corrected chi connectivity index (χ1v) is 10.4. The minimum Gasteiger partial charge on any atom is -0.366 e. The van der Waals surface area contributed by atoms with E-state index in [1.54, 1.807) is 24.3 Å². The van der Waals surface area contributed by atoms with Gasteiger partial charge in [-0.1, -0.05) is 45.0 Å². The number of primary amides is 1. The third-order valence-electron chi connectivity index (χ3n) is 4.55. The maximum absolute atomic E-state index is 12.7. The lowest BCUT2D eigenvalue weighted by Crippen LogP contribution is -2.15. The molecule has 0 saturated heterocycles. The number of hydrogen-bond acceptors (Lipinski definition) is 3. The van der Waals surface area contributed by atoms with Crippen LogP contribution in [-0.4, -0.2) is 14.3 Å². The van der Waals surface area contributed by atoms with Crippen molar-refractivity contribution in [2.45, 2.75) is 51.5 Å². The van der Waals surface area contributed by atoms with Crippen LogP contribution in [0.5, 0.6) is 0 Å². The van der Waals surface area contributed by atoms with E-state index in [9.17, 15) is 13.2 Å². The van der Waals surface area contributed by atoms with Gasteiger partial charge in [-0.25, -0.2) is 8.42 Å². The molecule has 0 aliphatic carbocycles. The Kier molecular flexibility index (Phi) is 5.61. The number of carbonyl (C=O) groups is 1. The van der Waals surface area contributed by atoms with E-state index in [2.05, 4.69) is 32.9 Å². The molecule has 0 fully saturated rings. The van der Waals surface area contributed by atoms with Crippen molar-refractivity contribution in [1.29, 1.82) is 0 Å². The highest BCUT2D eigenvalue weighted by Gasteiger charge is 2.20. The SMILES string of the molecule is Cc1cc(C(C)(C)C)cc(C)c1CS(=O)(=O)Cc1ccc(C(N)=O)cc1. The first-order chi connectivity index (χ1) is 11.9. The summed E-state index contributed by atoms with van der Waals surface area (Å²) in [7, 11) is -3.33. The van der Waals surface area contributed by atoms with E-state index in [-0.39, 0.29) is 16.9 Å². The predicted octanol–water partition coefficient (Wildman–Crippen LogP) is 3.81. The van der Waals surface area contributed by atoms with Gasteiger partial charge in [0.25, 0.3) is 0 Å². The van der Waals surface area contributed by atoms with Gasteiger partial charge in [-0.05, 0) is 59.2 Å². The summed E-state index contributed by atoms with van der Waals surface area (Å²) in [5.41, 5.74) is 10.3. The molecule has 0 aliphatic heterocycles. The molecule has 0 heterocycles. The molecule has 0 spiro atoms. The molecule has 0 unspecified atom stereocenters. The van der Waals surface area contributed by atoms with Crippen LogP contribution >= 0.6 is 0 Å². The van der Waals surface area contributed by atoms with Crippen molar-refractivity contribution in [3.63, 3.8) is 0 Å². The van der Waals surface area contributed by atoms with Crippen LogP contribution in [0.25, 0.3) is 0 Å². The quantitative estimate of drug-likeness (QED) is 0.865. The number of amides is 1. The molecule has 2 N–H and O–H groups in total. The van der Waals surface area contributed by atoms with Crippen molar-refractivity contribution in [1.82, 2.24) is 0 Å². The molecule has 140 valence electrons. The van der Waals surface area contributed by atoms with E-state index in [1.165, 1.54) is 5.56 Å². The largest absolute Gasteiger partial charge is 0.366 e. The summed E-state index contributed by atoms with van der Waals surface area (Å²) >= 11 is 0. The topological polar surface area (TPSA) is 77.2 Å². The zero-order valence-corrected chi connectivity index (χ0v) is 16.9. The Morgan fingerprint density at radius 2 is 1.46 bits per heavy atom. The second-order valence-corrected chi connectivity index (χ2v) is 10.00. The highest BCUT2D eigenvalue weighted by atomic mass is 32.2. The van der Waals surface area contributed by atoms with Gasteiger partial charge in [0, 0.05) is 5.56 Å². The number of nitrogens with two attached hydrogens (primary N) is 1. The van der Waals surface area contributed by atoms with Gasteiger partial charge in [0.1, 0.15) is 0 Å². The normalized spacial score (nSPS) is 12.2. The lowest BCUT2D eigenvalue weighted by atomic mass is 9.84. The molecule has 26 heavy (non-hydrogen) atoms. The van der Waals surface area contributed by atoms with E-state index in [1.807, 2.05) is 13.8 Å². The molecule has 0 aromatic heterocycles. The molecule has 0 atom stereocenters. The number of sulfone groups is 1. The summed E-state index contributed by atoms with van der Waals surface area (Å²) in [4.78, 5) is 11.1. The number of hydrogen-bond donors (Lipinski definition) is 1. The molecule has 4 nitrogen and oxygen atoms in total.